The molecule has 0 bridgehead atoms. The van der Waals surface area contributed by atoms with Crippen molar-refractivity contribution >= 4 is 12.0 Å². The van der Waals surface area contributed by atoms with E-state index in [2.05, 4.69) is 0 Å². The van der Waals surface area contributed by atoms with Crippen molar-refractivity contribution < 1.29 is 19.4 Å². The molecule has 3 atom stereocenters. The number of hydrogen-bond donors (Lipinski definition) is 1. The Labute approximate surface area is 113 Å². The number of rotatable bonds is 2. The van der Waals surface area contributed by atoms with Gasteiger partial charge in [0.2, 0.25) is 0 Å². The van der Waals surface area contributed by atoms with E-state index in [9.17, 15) is 9.59 Å². The average Bonchev–Trinajstić information content (AvgIpc) is 2.79. The maximum atomic E-state index is 12.4. The van der Waals surface area contributed by atoms with E-state index in [-0.39, 0.29) is 30.5 Å². The highest BCUT2D eigenvalue weighted by Crippen LogP contribution is 2.22. The predicted molar refractivity (Wildman–Crippen MR) is 68.9 cm³/mol. The first-order valence-electron chi connectivity index (χ1n) is 6.86. The number of ether oxygens (including phenoxy) is 1. The van der Waals surface area contributed by atoms with Crippen LogP contribution in [0.25, 0.3) is 0 Å². The van der Waals surface area contributed by atoms with E-state index >= 15 is 0 Å². The first-order valence-corrected chi connectivity index (χ1v) is 6.86. The number of hydrogen-bond acceptors (Lipinski definition) is 3. The molecule has 2 saturated heterocycles. The normalized spacial score (nSPS) is 31.6. The van der Waals surface area contributed by atoms with Gasteiger partial charge in [-0.3, -0.25) is 4.79 Å². The average molecular weight is 270 g/mol. The molecule has 2 amide bonds. The number of amides is 2. The zero-order valence-electron chi connectivity index (χ0n) is 11.5. The van der Waals surface area contributed by atoms with Gasteiger partial charge in [-0.05, 0) is 26.2 Å². The van der Waals surface area contributed by atoms with Crippen LogP contribution in [0.3, 0.4) is 0 Å². The Morgan fingerprint density at radius 3 is 2.74 bits per heavy atom. The van der Waals surface area contributed by atoms with Crippen LogP contribution in [0.4, 0.5) is 4.79 Å². The zero-order valence-corrected chi connectivity index (χ0v) is 11.5. The van der Waals surface area contributed by atoms with Gasteiger partial charge in [-0.25, -0.2) is 4.79 Å². The van der Waals surface area contributed by atoms with Gasteiger partial charge < -0.3 is 19.6 Å². The topological polar surface area (TPSA) is 70.1 Å². The molecule has 0 aromatic carbocycles. The number of aliphatic carboxylic acids is 1. The molecule has 6 nitrogen and oxygen atoms in total. The smallest absolute Gasteiger partial charge is 0.320 e. The van der Waals surface area contributed by atoms with Gasteiger partial charge in [-0.1, -0.05) is 0 Å². The third-order valence-electron chi connectivity index (χ3n) is 3.87. The van der Waals surface area contributed by atoms with Gasteiger partial charge in [0.1, 0.15) is 0 Å². The number of carboxylic acids is 1. The largest absolute Gasteiger partial charge is 0.481 e. The molecular weight excluding hydrogens is 248 g/mol. The van der Waals surface area contributed by atoms with Crippen LogP contribution < -0.4 is 0 Å². The van der Waals surface area contributed by atoms with Crippen molar-refractivity contribution in [2.24, 2.45) is 5.92 Å². The standard InChI is InChI=1S/C13H22N2O4/c1-9-8-19-10(2)6-15(9)13(18)14-4-3-11(7-14)5-12(16)17/h9-11H,3-8H2,1-2H3,(H,16,17). The molecule has 0 aromatic rings. The highest BCUT2D eigenvalue weighted by molar-refractivity contribution is 5.75. The van der Waals surface area contributed by atoms with Crippen LogP contribution in [0.15, 0.2) is 0 Å². The molecule has 2 aliphatic rings. The van der Waals surface area contributed by atoms with Gasteiger partial charge >= 0.3 is 12.0 Å². The molecule has 3 unspecified atom stereocenters. The molecule has 2 aliphatic heterocycles. The molecule has 2 heterocycles. The molecule has 1 N–H and O–H groups in total. The van der Waals surface area contributed by atoms with Gasteiger partial charge in [0, 0.05) is 26.1 Å². The van der Waals surface area contributed by atoms with Crippen LogP contribution in [-0.2, 0) is 9.53 Å². The summed E-state index contributed by atoms with van der Waals surface area (Å²) in [5, 5.41) is 8.79. The quantitative estimate of drug-likeness (QED) is 0.813. The fraction of sp³-hybridized carbons (Fsp3) is 0.846. The zero-order chi connectivity index (χ0) is 14.0. The van der Waals surface area contributed by atoms with Crippen LogP contribution in [0.2, 0.25) is 0 Å². The van der Waals surface area contributed by atoms with Crippen molar-refractivity contribution in [2.45, 2.75) is 38.8 Å². The molecule has 2 fully saturated rings. The van der Waals surface area contributed by atoms with Crippen LogP contribution in [0.1, 0.15) is 26.7 Å². The van der Waals surface area contributed by atoms with Crippen molar-refractivity contribution in [3.8, 4) is 0 Å². The number of carbonyl (C=O) groups is 2. The summed E-state index contributed by atoms with van der Waals surface area (Å²) in [6, 6.07) is 0.109. The Morgan fingerprint density at radius 2 is 2.05 bits per heavy atom. The number of carboxylic acid groups (broad SMARTS) is 1. The molecule has 0 aromatic heterocycles. The Balaban J connectivity index is 1.91. The summed E-state index contributed by atoms with van der Waals surface area (Å²) in [6.45, 7) is 6.34. The van der Waals surface area contributed by atoms with Crippen LogP contribution >= 0.6 is 0 Å². The molecule has 19 heavy (non-hydrogen) atoms. The van der Waals surface area contributed by atoms with E-state index in [1.165, 1.54) is 0 Å². The van der Waals surface area contributed by atoms with Gasteiger partial charge in [-0.15, -0.1) is 0 Å². The first-order chi connectivity index (χ1) is 8.97. The Kier molecular flexibility index (Phi) is 4.29. The lowest BCUT2D eigenvalue weighted by Gasteiger charge is -2.38. The third kappa shape index (κ3) is 3.37. The number of nitrogens with zero attached hydrogens (tertiary/aromatic N) is 2. The van der Waals surface area contributed by atoms with Gasteiger partial charge in [-0.2, -0.15) is 0 Å². The molecule has 2 rings (SSSR count). The monoisotopic (exact) mass is 270 g/mol. The molecule has 0 aliphatic carbocycles. The predicted octanol–water partition coefficient (Wildman–Crippen LogP) is 1.01. The second-order valence-electron chi connectivity index (χ2n) is 5.63. The van der Waals surface area contributed by atoms with Crippen molar-refractivity contribution in [1.82, 2.24) is 9.80 Å². The SMILES string of the molecule is CC1CN(C(=O)N2CCC(CC(=O)O)C2)C(C)CO1. The molecule has 0 spiro atoms. The Morgan fingerprint density at radius 1 is 1.32 bits per heavy atom. The van der Waals surface area contributed by atoms with Gasteiger partial charge in [0.05, 0.1) is 18.8 Å². The van der Waals surface area contributed by atoms with E-state index < -0.39 is 5.97 Å². The fourth-order valence-corrected chi connectivity index (χ4v) is 2.77. The van der Waals surface area contributed by atoms with E-state index in [1.807, 2.05) is 18.7 Å². The summed E-state index contributed by atoms with van der Waals surface area (Å²) in [5.41, 5.74) is 0. The third-order valence-corrected chi connectivity index (χ3v) is 3.87. The lowest BCUT2D eigenvalue weighted by atomic mass is 10.1. The minimum Gasteiger partial charge on any atom is -0.481 e. The second-order valence-corrected chi connectivity index (χ2v) is 5.63. The maximum Gasteiger partial charge on any atom is 0.320 e. The first kappa shape index (κ1) is 14.1. The van der Waals surface area contributed by atoms with E-state index in [1.54, 1.807) is 4.90 Å². The van der Waals surface area contributed by atoms with Crippen molar-refractivity contribution in [3.63, 3.8) is 0 Å². The van der Waals surface area contributed by atoms with Crippen molar-refractivity contribution in [1.29, 1.82) is 0 Å². The molecule has 0 saturated carbocycles. The summed E-state index contributed by atoms with van der Waals surface area (Å²) in [4.78, 5) is 26.8. The summed E-state index contributed by atoms with van der Waals surface area (Å²) >= 11 is 0. The molecule has 0 radical (unpaired) electrons. The summed E-state index contributed by atoms with van der Waals surface area (Å²) < 4.78 is 5.52. The minimum absolute atomic E-state index is 0.0236. The van der Waals surface area contributed by atoms with Crippen LogP contribution in [0.5, 0.6) is 0 Å². The maximum absolute atomic E-state index is 12.4. The molecular formula is C13H22N2O4. The van der Waals surface area contributed by atoms with Gasteiger partial charge in [0.25, 0.3) is 0 Å². The van der Waals surface area contributed by atoms with Crippen molar-refractivity contribution in [3.05, 3.63) is 0 Å². The van der Waals surface area contributed by atoms with E-state index in [0.717, 1.165) is 6.42 Å². The number of carbonyl (C=O) groups excluding carboxylic acids is 1. The summed E-state index contributed by atoms with van der Waals surface area (Å²) in [6.07, 6.45) is 1.00. The van der Waals surface area contributed by atoms with E-state index in [4.69, 9.17) is 9.84 Å². The molecule has 108 valence electrons. The van der Waals surface area contributed by atoms with E-state index in [0.29, 0.717) is 26.2 Å². The Bertz CT molecular complexity index is 361. The lowest BCUT2D eigenvalue weighted by Crippen LogP contribution is -2.54. The number of morpholine rings is 1. The number of urea groups is 1. The summed E-state index contributed by atoms with van der Waals surface area (Å²) in [7, 11) is 0. The van der Waals surface area contributed by atoms with Crippen LogP contribution in [0, 0.1) is 5.92 Å². The summed E-state index contributed by atoms with van der Waals surface area (Å²) in [5.74, 6) is -0.692. The molecule has 6 heteroatoms. The highest BCUT2D eigenvalue weighted by atomic mass is 16.5. The highest BCUT2D eigenvalue weighted by Gasteiger charge is 2.34. The fourth-order valence-electron chi connectivity index (χ4n) is 2.77. The lowest BCUT2D eigenvalue weighted by molar-refractivity contribution is -0.138. The number of likely N-dealkylation sites (tertiary alicyclic amines) is 1. The van der Waals surface area contributed by atoms with Crippen molar-refractivity contribution in [2.75, 3.05) is 26.2 Å². The Hall–Kier alpha value is -1.30. The second kappa shape index (κ2) is 5.77. The minimum atomic E-state index is -0.785. The van der Waals surface area contributed by atoms with Crippen LogP contribution in [-0.4, -0.2) is 65.3 Å². The van der Waals surface area contributed by atoms with Gasteiger partial charge in [0.15, 0.2) is 0 Å².